The number of hydrogen-bond acceptors (Lipinski definition) is 7. The van der Waals surface area contributed by atoms with Gasteiger partial charge in [0.2, 0.25) is 5.91 Å². The summed E-state index contributed by atoms with van der Waals surface area (Å²) in [5, 5.41) is 9.26. The van der Waals surface area contributed by atoms with Crippen LogP contribution in [0.2, 0.25) is 0 Å². The molecule has 0 heterocycles. The number of methoxy groups -OCH3 is 3. The van der Waals surface area contributed by atoms with E-state index in [1.54, 1.807) is 0 Å². The summed E-state index contributed by atoms with van der Waals surface area (Å²) in [6.45, 7) is 1.44. The molecule has 8 nitrogen and oxygen atoms in total. The van der Waals surface area contributed by atoms with Gasteiger partial charge in [0.25, 0.3) is 0 Å². The molecule has 3 rings (SSSR count). The minimum atomic E-state index is -4.88. The summed E-state index contributed by atoms with van der Waals surface area (Å²) in [6.07, 6.45) is -2.03. The fourth-order valence-electron chi connectivity index (χ4n) is 4.98. The first-order valence-electron chi connectivity index (χ1n) is 13.2. The number of hydrogen-bond donors (Lipinski definition) is 1. The largest absolute Gasteiger partial charge is 0.465 e. The van der Waals surface area contributed by atoms with Gasteiger partial charge in [0.05, 0.1) is 49.8 Å². The topological polar surface area (TPSA) is 94.5 Å². The van der Waals surface area contributed by atoms with E-state index in [-0.39, 0.29) is 35.9 Å². The Morgan fingerprint density at radius 2 is 1.63 bits per heavy atom. The molecule has 226 valence electrons. The fraction of sp³-hybridized carbons (Fsp3) is 0.517. The predicted molar refractivity (Wildman–Crippen MR) is 141 cm³/mol. The van der Waals surface area contributed by atoms with Crippen LogP contribution in [0.1, 0.15) is 54.1 Å². The van der Waals surface area contributed by atoms with Crippen LogP contribution in [0.25, 0.3) is 0 Å². The molecule has 1 saturated carbocycles. The summed E-state index contributed by atoms with van der Waals surface area (Å²) in [5.74, 6) is -3.80. The van der Waals surface area contributed by atoms with E-state index in [4.69, 9.17) is 18.9 Å². The van der Waals surface area contributed by atoms with Gasteiger partial charge in [0, 0.05) is 32.3 Å². The van der Waals surface area contributed by atoms with Gasteiger partial charge < -0.3 is 29.0 Å². The van der Waals surface area contributed by atoms with E-state index in [1.807, 2.05) is 0 Å². The van der Waals surface area contributed by atoms with Crippen LogP contribution in [0.5, 0.6) is 11.5 Å². The van der Waals surface area contributed by atoms with Crippen molar-refractivity contribution in [2.45, 2.75) is 51.4 Å². The van der Waals surface area contributed by atoms with Crippen LogP contribution in [-0.2, 0) is 31.8 Å². The molecule has 0 saturated heterocycles. The fourth-order valence-corrected chi connectivity index (χ4v) is 4.98. The zero-order valence-corrected chi connectivity index (χ0v) is 23.4. The zero-order valence-electron chi connectivity index (χ0n) is 23.4. The monoisotopic (exact) mass is 585 g/mol. The third-order valence-corrected chi connectivity index (χ3v) is 7.15. The van der Waals surface area contributed by atoms with Gasteiger partial charge in [-0.05, 0) is 49.3 Å². The van der Waals surface area contributed by atoms with Crippen LogP contribution in [-0.4, -0.2) is 57.6 Å². The van der Waals surface area contributed by atoms with E-state index in [0.29, 0.717) is 24.8 Å². The SMILES string of the molecule is COCC(COC)N(C(=O)C1CCC(C)CC1)c1cc(F)c(Oc2ccc(CO)cc2C(F)(F)F)cc1C(=O)OC. The van der Waals surface area contributed by atoms with E-state index < -0.39 is 53.6 Å². The summed E-state index contributed by atoms with van der Waals surface area (Å²) in [4.78, 5) is 28.1. The molecule has 0 aliphatic heterocycles. The molecule has 1 fully saturated rings. The average molecular weight is 586 g/mol. The van der Waals surface area contributed by atoms with Gasteiger partial charge in [-0.3, -0.25) is 4.79 Å². The Morgan fingerprint density at radius 1 is 1.00 bits per heavy atom. The highest BCUT2D eigenvalue weighted by Gasteiger charge is 2.37. The van der Waals surface area contributed by atoms with Crippen molar-refractivity contribution in [1.29, 1.82) is 0 Å². The molecule has 0 radical (unpaired) electrons. The number of rotatable bonds is 11. The number of halogens is 4. The van der Waals surface area contributed by atoms with Gasteiger partial charge in [-0.2, -0.15) is 13.2 Å². The Labute approximate surface area is 236 Å². The van der Waals surface area contributed by atoms with Crippen molar-refractivity contribution >= 4 is 17.6 Å². The summed E-state index contributed by atoms with van der Waals surface area (Å²) in [7, 11) is 3.93. The second kappa shape index (κ2) is 14.1. The number of ether oxygens (including phenoxy) is 4. The van der Waals surface area contributed by atoms with Crippen molar-refractivity contribution in [3.63, 3.8) is 0 Å². The third-order valence-electron chi connectivity index (χ3n) is 7.15. The van der Waals surface area contributed by atoms with Gasteiger partial charge in [0.15, 0.2) is 11.6 Å². The number of alkyl halides is 3. The number of amides is 1. The predicted octanol–water partition coefficient (Wildman–Crippen LogP) is 5.74. The first kappa shape index (κ1) is 32.3. The van der Waals surface area contributed by atoms with Crippen LogP contribution < -0.4 is 9.64 Å². The first-order chi connectivity index (χ1) is 19.4. The van der Waals surface area contributed by atoms with E-state index >= 15 is 4.39 Å². The molecule has 1 amide bonds. The van der Waals surface area contributed by atoms with E-state index in [0.717, 1.165) is 38.2 Å². The zero-order chi connectivity index (χ0) is 30.3. The number of carbonyl (C=O) groups is 2. The number of esters is 1. The molecule has 0 spiro atoms. The van der Waals surface area contributed by atoms with Crippen molar-refractivity contribution in [1.82, 2.24) is 0 Å². The lowest BCUT2D eigenvalue weighted by atomic mass is 9.82. The quantitative estimate of drug-likeness (QED) is 0.266. The van der Waals surface area contributed by atoms with E-state index in [2.05, 4.69) is 6.92 Å². The number of anilines is 1. The van der Waals surface area contributed by atoms with Crippen molar-refractivity contribution in [2.24, 2.45) is 11.8 Å². The standard InChI is InChI=1S/C29H35F4NO7/c1-17-5-8-19(9-6-17)27(36)34(20(15-38-2)16-39-3)24-13-23(30)26(12-21(24)28(37)40-4)41-25-10-7-18(14-35)11-22(25)29(31,32)33/h7,10-13,17,19-20,35H,5-6,8-9,14-16H2,1-4H3. The van der Waals surface area contributed by atoms with Crippen LogP contribution >= 0.6 is 0 Å². The van der Waals surface area contributed by atoms with Gasteiger partial charge in [-0.15, -0.1) is 0 Å². The normalized spacial score (nSPS) is 17.4. The van der Waals surface area contributed by atoms with Gasteiger partial charge in [-0.25, -0.2) is 9.18 Å². The van der Waals surface area contributed by atoms with Crippen LogP contribution in [0.15, 0.2) is 30.3 Å². The van der Waals surface area contributed by atoms with Gasteiger partial charge in [-0.1, -0.05) is 13.0 Å². The van der Waals surface area contributed by atoms with Crippen molar-refractivity contribution in [3.05, 3.63) is 52.8 Å². The van der Waals surface area contributed by atoms with Crippen LogP contribution in [0.3, 0.4) is 0 Å². The molecular formula is C29H35F4NO7. The number of nitrogens with zero attached hydrogens (tertiary/aromatic N) is 1. The van der Waals surface area contributed by atoms with E-state index in [1.165, 1.54) is 25.2 Å². The Kier molecular flexibility index (Phi) is 11.1. The Balaban J connectivity index is 2.15. The molecule has 1 aliphatic carbocycles. The highest BCUT2D eigenvalue weighted by molar-refractivity contribution is 6.04. The summed E-state index contributed by atoms with van der Waals surface area (Å²) < 4.78 is 77.6. The maximum absolute atomic E-state index is 15.6. The average Bonchev–Trinajstić information content (AvgIpc) is 2.94. The highest BCUT2D eigenvalue weighted by Crippen LogP contribution is 2.41. The molecule has 1 N–H and O–H groups in total. The van der Waals surface area contributed by atoms with Gasteiger partial charge in [0.1, 0.15) is 5.75 Å². The minimum absolute atomic E-state index is 0.00463. The Morgan fingerprint density at radius 3 is 2.17 bits per heavy atom. The second-order valence-corrected chi connectivity index (χ2v) is 10.1. The maximum atomic E-state index is 15.6. The lowest BCUT2D eigenvalue weighted by Crippen LogP contribution is -2.49. The number of benzene rings is 2. The Hall–Kier alpha value is -3.22. The van der Waals surface area contributed by atoms with Crippen LogP contribution in [0, 0.1) is 17.7 Å². The number of aliphatic hydroxyl groups is 1. The lowest BCUT2D eigenvalue weighted by Gasteiger charge is -2.36. The molecule has 2 aromatic carbocycles. The molecule has 12 heteroatoms. The molecule has 2 aromatic rings. The smallest absolute Gasteiger partial charge is 0.419 e. The molecule has 0 aromatic heterocycles. The number of carbonyl (C=O) groups excluding carboxylic acids is 2. The molecular weight excluding hydrogens is 550 g/mol. The lowest BCUT2D eigenvalue weighted by molar-refractivity contribution is -0.138. The molecule has 0 atom stereocenters. The third kappa shape index (κ3) is 7.75. The molecule has 0 bridgehead atoms. The molecule has 41 heavy (non-hydrogen) atoms. The van der Waals surface area contributed by atoms with Crippen molar-refractivity contribution < 1.29 is 51.2 Å². The Bertz CT molecular complexity index is 1210. The summed E-state index contributed by atoms with van der Waals surface area (Å²) in [5.41, 5.74) is -1.70. The first-order valence-corrected chi connectivity index (χ1v) is 13.2. The van der Waals surface area contributed by atoms with Crippen molar-refractivity contribution in [2.75, 3.05) is 39.4 Å². The molecule has 1 aliphatic rings. The van der Waals surface area contributed by atoms with Crippen molar-refractivity contribution in [3.8, 4) is 11.5 Å². The van der Waals surface area contributed by atoms with Gasteiger partial charge >= 0.3 is 12.1 Å². The summed E-state index contributed by atoms with van der Waals surface area (Å²) in [6, 6.07) is 3.87. The van der Waals surface area contributed by atoms with E-state index in [9.17, 15) is 27.9 Å². The second-order valence-electron chi connectivity index (χ2n) is 10.1. The minimum Gasteiger partial charge on any atom is -0.465 e. The maximum Gasteiger partial charge on any atom is 0.419 e. The number of aliphatic hydroxyl groups excluding tert-OH is 1. The molecule has 0 unspecified atom stereocenters. The summed E-state index contributed by atoms with van der Waals surface area (Å²) >= 11 is 0. The van der Waals surface area contributed by atoms with Crippen LogP contribution in [0.4, 0.5) is 23.2 Å². The highest BCUT2D eigenvalue weighted by atomic mass is 19.4.